The van der Waals surface area contributed by atoms with Crippen LogP contribution in [0, 0.1) is 16.0 Å². The minimum absolute atomic E-state index is 0.101. The maximum absolute atomic E-state index is 10.9. The van der Waals surface area contributed by atoms with Crippen molar-refractivity contribution in [3.8, 4) is 5.75 Å². The van der Waals surface area contributed by atoms with E-state index in [1.54, 1.807) is 19.2 Å². The summed E-state index contributed by atoms with van der Waals surface area (Å²) in [4.78, 5) is 12.8. The number of likely N-dealkylation sites (tertiary alicyclic amines) is 1. The SMILES string of the molecule is COc1ccc([N+](=O)[O-])cc1CNC1CCN(C)CC1C. The first-order valence-corrected chi connectivity index (χ1v) is 7.24. The Morgan fingerprint density at radius 1 is 1.52 bits per heavy atom. The van der Waals surface area contributed by atoms with Crippen LogP contribution in [0.5, 0.6) is 5.75 Å². The van der Waals surface area contributed by atoms with Crippen LogP contribution < -0.4 is 10.1 Å². The first-order valence-electron chi connectivity index (χ1n) is 7.24. The molecule has 0 saturated carbocycles. The Morgan fingerprint density at radius 2 is 2.29 bits per heavy atom. The van der Waals surface area contributed by atoms with E-state index in [4.69, 9.17) is 4.74 Å². The van der Waals surface area contributed by atoms with E-state index in [9.17, 15) is 10.1 Å². The van der Waals surface area contributed by atoms with Crippen molar-refractivity contribution in [2.75, 3.05) is 27.2 Å². The van der Waals surface area contributed by atoms with Gasteiger partial charge in [-0.3, -0.25) is 10.1 Å². The van der Waals surface area contributed by atoms with Gasteiger partial charge in [0, 0.05) is 36.8 Å². The topological polar surface area (TPSA) is 67.6 Å². The van der Waals surface area contributed by atoms with Crippen molar-refractivity contribution in [1.82, 2.24) is 10.2 Å². The monoisotopic (exact) mass is 293 g/mol. The van der Waals surface area contributed by atoms with Gasteiger partial charge in [0.25, 0.3) is 5.69 Å². The molecule has 1 aliphatic heterocycles. The van der Waals surface area contributed by atoms with Crippen molar-refractivity contribution in [2.24, 2.45) is 5.92 Å². The summed E-state index contributed by atoms with van der Waals surface area (Å²) in [6.07, 6.45) is 1.09. The van der Waals surface area contributed by atoms with E-state index in [1.165, 1.54) is 6.07 Å². The van der Waals surface area contributed by atoms with Crippen molar-refractivity contribution in [2.45, 2.75) is 25.9 Å². The van der Waals surface area contributed by atoms with Crippen molar-refractivity contribution in [1.29, 1.82) is 0 Å². The van der Waals surface area contributed by atoms with Gasteiger partial charge in [-0.25, -0.2) is 0 Å². The molecule has 2 rings (SSSR count). The third-order valence-corrected chi connectivity index (χ3v) is 4.14. The quantitative estimate of drug-likeness (QED) is 0.664. The van der Waals surface area contributed by atoms with Crippen LogP contribution in [0.1, 0.15) is 18.9 Å². The Kier molecular flexibility index (Phi) is 5.14. The molecule has 0 aliphatic carbocycles. The lowest BCUT2D eigenvalue weighted by Gasteiger charge is -2.35. The van der Waals surface area contributed by atoms with E-state index in [0.29, 0.717) is 24.3 Å². The zero-order valence-electron chi connectivity index (χ0n) is 12.8. The summed E-state index contributed by atoms with van der Waals surface area (Å²) in [5, 5.41) is 14.4. The lowest BCUT2D eigenvalue weighted by Crippen LogP contribution is -2.46. The highest BCUT2D eigenvalue weighted by molar-refractivity contribution is 5.43. The largest absolute Gasteiger partial charge is 0.496 e. The third kappa shape index (κ3) is 3.92. The molecule has 6 nitrogen and oxygen atoms in total. The number of nitro benzene ring substituents is 1. The van der Waals surface area contributed by atoms with E-state index in [2.05, 4.69) is 24.2 Å². The molecule has 2 atom stereocenters. The summed E-state index contributed by atoms with van der Waals surface area (Å²) in [6.45, 7) is 4.97. The minimum atomic E-state index is -0.374. The van der Waals surface area contributed by atoms with E-state index >= 15 is 0 Å². The Bertz CT molecular complexity index is 507. The second-order valence-corrected chi connectivity index (χ2v) is 5.77. The van der Waals surface area contributed by atoms with Gasteiger partial charge in [-0.05, 0) is 32.0 Å². The van der Waals surface area contributed by atoms with Gasteiger partial charge in [0.15, 0.2) is 0 Å². The second kappa shape index (κ2) is 6.87. The van der Waals surface area contributed by atoms with Gasteiger partial charge in [-0.2, -0.15) is 0 Å². The number of hydrogen-bond acceptors (Lipinski definition) is 5. The predicted molar refractivity (Wildman–Crippen MR) is 81.6 cm³/mol. The van der Waals surface area contributed by atoms with Crippen molar-refractivity contribution < 1.29 is 9.66 Å². The van der Waals surface area contributed by atoms with Crippen molar-refractivity contribution >= 4 is 5.69 Å². The van der Waals surface area contributed by atoms with Gasteiger partial charge < -0.3 is 15.0 Å². The number of non-ortho nitro benzene ring substituents is 1. The van der Waals surface area contributed by atoms with Gasteiger partial charge in [0.1, 0.15) is 5.75 Å². The number of ether oxygens (including phenoxy) is 1. The lowest BCUT2D eigenvalue weighted by molar-refractivity contribution is -0.384. The highest BCUT2D eigenvalue weighted by Gasteiger charge is 2.24. The van der Waals surface area contributed by atoms with Gasteiger partial charge in [0.2, 0.25) is 0 Å². The molecule has 1 aromatic carbocycles. The molecule has 1 N–H and O–H groups in total. The number of methoxy groups -OCH3 is 1. The third-order valence-electron chi connectivity index (χ3n) is 4.14. The molecule has 0 bridgehead atoms. The number of nitro groups is 1. The maximum Gasteiger partial charge on any atom is 0.270 e. The molecule has 2 unspecified atom stereocenters. The molecule has 116 valence electrons. The standard InChI is InChI=1S/C15H23N3O3/c1-11-10-17(2)7-6-14(11)16-9-12-8-13(18(19)20)4-5-15(12)21-3/h4-5,8,11,14,16H,6-7,9-10H2,1-3H3. The molecular weight excluding hydrogens is 270 g/mol. The molecule has 1 heterocycles. The summed E-state index contributed by atoms with van der Waals surface area (Å²) < 4.78 is 5.29. The molecule has 0 radical (unpaired) electrons. The van der Waals surface area contributed by atoms with Crippen LogP contribution in [0.25, 0.3) is 0 Å². The Labute approximate surface area is 125 Å². The minimum Gasteiger partial charge on any atom is -0.496 e. The number of rotatable bonds is 5. The molecule has 1 aliphatic rings. The van der Waals surface area contributed by atoms with Gasteiger partial charge in [-0.1, -0.05) is 6.92 Å². The van der Waals surface area contributed by atoms with E-state index in [-0.39, 0.29) is 10.6 Å². The molecular formula is C15H23N3O3. The Hall–Kier alpha value is -1.66. The van der Waals surface area contributed by atoms with E-state index in [1.807, 2.05) is 0 Å². The predicted octanol–water partition coefficient (Wildman–Crippen LogP) is 2.03. The zero-order valence-corrected chi connectivity index (χ0v) is 12.8. The van der Waals surface area contributed by atoms with Gasteiger partial charge >= 0.3 is 0 Å². The fourth-order valence-corrected chi connectivity index (χ4v) is 2.92. The van der Waals surface area contributed by atoms with Crippen LogP contribution in [0.4, 0.5) is 5.69 Å². The van der Waals surface area contributed by atoms with E-state index < -0.39 is 0 Å². The highest BCUT2D eigenvalue weighted by Crippen LogP contribution is 2.24. The van der Waals surface area contributed by atoms with Crippen LogP contribution in [0.2, 0.25) is 0 Å². The van der Waals surface area contributed by atoms with Crippen LogP contribution >= 0.6 is 0 Å². The number of piperidine rings is 1. The maximum atomic E-state index is 10.9. The lowest BCUT2D eigenvalue weighted by atomic mass is 9.94. The van der Waals surface area contributed by atoms with Crippen LogP contribution in [0.3, 0.4) is 0 Å². The average Bonchev–Trinajstić information content (AvgIpc) is 2.46. The average molecular weight is 293 g/mol. The van der Waals surface area contributed by atoms with Crippen LogP contribution in [-0.4, -0.2) is 43.1 Å². The number of hydrogen-bond donors (Lipinski definition) is 1. The molecule has 1 saturated heterocycles. The fourth-order valence-electron chi connectivity index (χ4n) is 2.92. The van der Waals surface area contributed by atoms with Crippen LogP contribution in [-0.2, 0) is 6.54 Å². The number of nitrogens with one attached hydrogen (secondary N) is 1. The van der Waals surface area contributed by atoms with Gasteiger partial charge in [0.05, 0.1) is 12.0 Å². The van der Waals surface area contributed by atoms with Crippen LogP contribution in [0.15, 0.2) is 18.2 Å². The summed E-state index contributed by atoms with van der Waals surface area (Å²) in [7, 11) is 3.72. The number of benzene rings is 1. The molecule has 21 heavy (non-hydrogen) atoms. The first kappa shape index (κ1) is 15.7. The number of nitrogens with zero attached hydrogens (tertiary/aromatic N) is 2. The molecule has 0 spiro atoms. The molecule has 0 aromatic heterocycles. The summed E-state index contributed by atoms with van der Waals surface area (Å²) >= 11 is 0. The van der Waals surface area contributed by atoms with E-state index in [0.717, 1.165) is 25.1 Å². The summed E-state index contributed by atoms with van der Waals surface area (Å²) in [6, 6.07) is 5.16. The Balaban J connectivity index is 2.04. The van der Waals surface area contributed by atoms with Crippen molar-refractivity contribution in [3.05, 3.63) is 33.9 Å². The molecule has 0 amide bonds. The molecule has 6 heteroatoms. The summed E-state index contributed by atoms with van der Waals surface area (Å²) in [5.74, 6) is 1.25. The fraction of sp³-hybridized carbons (Fsp3) is 0.600. The smallest absolute Gasteiger partial charge is 0.270 e. The highest BCUT2D eigenvalue weighted by atomic mass is 16.6. The summed E-state index contributed by atoms with van der Waals surface area (Å²) in [5.41, 5.74) is 0.932. The normalized spacial score (nSPS) is 23.0. The molecule has 1 fully saturated rings. The molecule has 1 aromatic rings. The van der Waals surface area contributed by atoms with Gasteiger partial charge in [-0.15, -0.1) is 0 Å². The Morgan fingerprint density at radius 3 is 2.90 bits per heavy atom. The van der Waals surface area contributed by atoms with Crippen molar-refractivity contribution in [3.63, 3.8) is 0 Å². The zero-order chi connectivity index (χ0) is 15.4. The second-order valence-electron chi connectivity index (χ2n) is 5.77. The first-order chi connectivity index (χ1) is 10.0.